The molecule has 1 aliphatic rings. The van der Waals surface area contributed by atoms with Crippen molar-refractivity contribution >= 4 is 16.6 Å². The second-order valence-corrected chi connectivity index (χ2v) is 5.83. The Bertz CT molecular complexity index is 386. The van der Waals surface area contributed by atoms with Gasteiger partial charge in [0, 0.05) is 23.0 Å². The summed E-state index contributed by atoms with van der Waals surface area (Å²) in [5, 5.41) is -0.214. The summed E-state index contributed by atoms with van der Waals surface area (Å²) in [6, 6.07) is 9.75. The number of carbonyl (C=O) groups excluding carboxylic acids is 1. The van der Waals surface area contributed by atoms with Crippen molar-refractivity contribution in [3.8, 4) is 0 Å². The van der Waals surface area contributed by atoms with Gasteiger partial charge < -0.3 is 0 Å². The first-order valence-electron chi connectivity index (χ1n) is 5.71. The molecule has 2 rings (SSSR count). The Kier molecular flexibility index (Phi) is 3.88. The summed E-state index contributed by atoms with van der Waals surface area (Å²) in [5.41, 5.74) is 1.05. The highest BCUT2D eigenvalue weighted by Crippen LogP contribution is 2.21. The Morgan fingerprint density at radius 2 is 1.94 bits per heavy atom. The highest BCUT2D eigenvalue weighted by molar-refractivity contribution is 7.85. The molecule has 16 heavy (non-hydrogen) atoms. The van der Waals surface area contributed by atoms with Gasteiger partial charge in [0.2, 0.25) is 0 Å². The number of hydrogen-bond acceptors (Lipinski definition) is 2. The zero-order valence-electron chi connectivity index (χ0n) is 9.22. The molecule has 0 bridgehead atoms. The smallest absolute Gasteiger partial charge is 0.148 e. The van der Waals surface area contributed by atoms with Crippen molar-refractivity contribution in [2.45, 2.75) is 36.7 Å². The largest absolute Gasteiger partial charge is 0.298 e. The second-order valence-electron chi connectivity index (χ2n) is 4.21. The Hall–Kier alpha value is -0.960. The minimum Gasteiger partial charge on any atom is -0.298 e. The van der Waals surface area contributed by atoms with E-state index in [1.807, 2.05) is 30.3 Å². The molecule has 1 saturated carbocycles. The normalized spacial score (nSPS) is 23.0. The third-order valence-electron chi connectivity index (χ3n) is 2.97. The molecule has 1 aliphatic carbocycles. The van der Waals surface area contributed by atoms with Gasteiger partial charge in [0.05, 0.1) is 5.25 Å². The molecule has 0 aromatic heterocycles. The van der Waals surface area contributed by atoms with Crippen LogP contribution in [0.4, 0.5) is 0 Å². The van der Waals surface area contributed by atoms with Crippen LogP contribution in [0.3, 0.4) is 0 Å². The van der Waals surface area contributed by atoms with Crippen molar-refractivity contribution in [1.82, 2.24) is 0 Å². The topological polar surface area (TPSA) is 34.1 Å². The van der Waals surface area contributed by atoms with Gasteiger partial charge in [0.1, 0.15) is 5.78 Å². The number of hydrogen-bond donors (Lipinski definition) is 0. The van der Waals surface area contributed by atoms with Crippen molar-refractivity contribution in [3.63, 3.8) is 0 Å². The summed E-state index contributed by atoms with van der Waals surface area (Å²) >= 11 is 0. The summed E-state index contributed by atoms with van der Waals surface area (Å²) in [6.07, 6.45) is 3.43. The molecule has 0 amide bonds. The first kappa shape index (κ1) is 11.5. The zero-order valence-corrected chi connectivity index (χ0v) is 10.0. The van der Waals surface area contributed by atoms with E-state index in [4.69, 9.17) is 0 Å². The van der Waals surface area contributed by atoms with E-state index in [-0.39, 0.29) is 11.0 Å². The molecular formula is C13H16O2S. The van der Waals surface area contributed by atoms with Gasteiger partial charge in [-0.05, 0) is 18.4 Å². The van der Waals surface area contributed by atoms with E-state index in [1.54, 1.807) is 0 Å². The second kappa shape index (κ2) is 5.39. The average molecular weight is 236 g/mol. The van der Waals surface area contributed by atoms with Gasteiger partial charge in [-0.25, -0.2) is 0 Å². The highest BCUT2D eigenvalue weighted by atomic mass is 32.2. The third-order valence-corrected chi connectivity index (χ3v) is 4.72. The van der Waals surface area contributed by atoms with E-state index in [0.717, 1.165) is 24.8 Å². The van der Waals surface area contributed by atoms with Crippen LogP contribution in [0.15, 0.2) is 30.3 Å². The van der Waals surface area contributed by atoms with Gasteiger partial charge in [0.25, 0.3) is 0 Å². The minimum atomic E-state index is -1.04. The molecule has 0 heterocycles. The first-order valence-corrected chi connectivity index (χ1v) is 7.09. The molecular weight excluding hydrogens is 220 g/mol. The fourth-order valence-electron chi connectivity index (χ4n) is 2.07. The van der Waals surface area contributed by atoms with Crippen LogP contribution in [0.2, 0.25) is 0 Å². The number of Topliss-reactive ketones (excluding diaryl/α,β-unsaturated/α-hetero) is 1. The number of carbonyl (C=O) groups is 1. The van der Waals surface area contributed by atoms with Crippen molar-refractivity contribution in [3.05, 3.63) is 35.9 Å². The minimum absolute atomic E-state index is 0.195. The van der Waals surface area contributed by atoms with Crippen molar-refractivity contribution < 1.29 is 9.00 Å². The van der Waals surface area contributed by atoms with Gasteiger partial charge >= 0.3 is 0 Å². The van der Waals surface area contributed by atoms with E-state index in [0.29, 0.717) is 12.2 Å². The van der Waals surface area contributed by atoms with Crippen LogP contribution in [0, 0.1) is 0 Å². The van der Waals surface area contributed by atoms with Gasteiger partial charge in [-0.3, -0.25) is 9.00 Å². The van der Waals surface area contributed by atoms with Gasteiger partial charge in [-0.15, -0.1) is 0 Å². The maximum absolute atomic E-state index is 12.1. The SMILES string of the molecule is O=C1CCCCC1S(=O)Cc1ccccc1. The van der Waals surface area contributed by atoms with Crippen LogP contribution >= 0.6 is 0 Å². The lowest BCUT2D eigenvalue weighted by molar-refractivity contribution is -0.119. The van der Waals surface area contributed by atoms with Crippen LogP contribution in [0.1, 0.15) is 31.2 Å². The number of ketones is 1. The first-order chi connectivity index (χ1) is 7.77. The fraction of sp³-hybridized carbons (Fsp3) is 0.462. The Balaban J connectivity index is 2.00. The Morgan fingerprint density at radius 3 is 2.62 bits per heavy atom. The van der Waals surface area contributed by atoms with E-state index in [9.17, 15) is 9.00 Å². The van der Waals surface area contributed by atoms with Gasteiger partial charge in [-0.2, -0.15) is 0 Å². The van der Waals surface area contributed by atoms with Crippen molar-refractivity contribution in [1.29, 1.82) is 0 Å². The number of benzene rings is 1. The molecule has 2 nitrogen and oxygen atoms in total. The van der Waals surface area contributed by atoms with Crippen LogP contribution in [-0.4, -0.2) is 15.2 Å². The van der Waals surface area contributed by atoms with E-state index >= 15 is 0 Å². The van der Waals surface area contributed by atoms with Crippen molar-refractivity contribution in [2.24, 2.45) is 0 Å². The van der Waals surface area contributed by atoms with Crippen LogP contribution in [0.5, 0.6) is 0 Å². The maximum Gasteiger partial charge on any atom is 0.148 e. The summed E-state index contributed by atoms with van der Waals surface area (Å²) in [5.74, 6) is 0.706. The quantitative estimate of drug-likeness (QED) is 0.808. The summed E-state index contributed by atoms with van der Waals surface area (Å²) < 4.78 is 12.1. The molecule has 0 aliphatic heterocycles. The maximum atomic E-state index is 12.1. The van der Waals surface area contributed by atoms with Crippen LogP contribution < -0.4 is 0 Å². The van der Waals surface area contributed by atoms with Gasteiger partial charge in [0.15, 0.2) is 0 Å². The van der Waals surface area contributed by atoms with Gasteiger partial charge in [-0.1, -0.05) is 36.8 Å². The predicted molar refractivity (Wildman–Crippen MR) is 65.6 cm³/mol. The van der Waals surface area contributed by atoms with Crippen molar-refractivity contribution in [2.75, 3.05) is 0 Å². The molecule has 86 valence electrons. The van der Waals surface area contributed by atoms with E-state index in [2.05, 4.69) is 0 Å². The van der Waals surface area contributed by atoms with Crippen LogP contribution in [0.25, 0.3) is 0 Å². The lowest BCUT2D eigenvalue weighted by atomic mass is 9.99. The lowest BCUT2D eigenvalue weighted by Crippen LogP contribution is -2.29. The number of rotatable bonds is 3. The summed E-state index contributed by atoms with van der Waals surface area (Å²) in [4.78, 5) is 11.6. The summed E-state index contributed by atoms with van der Waals surface area (Å²) in [6.45, 7) is 0. The van der Waals surface area contributed by atoms with Crippen LogP contribution in [-0.2, 0) is 21.3 Å². The molecule has 3 heteroatoms. The molecule has 2 atom stereocenters. The van der Waals surface area contributed by atoms with E-state index < -0.39 is 10.8 Å². The molecule has 1 aromatic carbocycles. The Labute approximate surface area is 98.5 Å². The lowest BCUT2D eigenvalue weighted by Gasteiger charge is -2.19. The average Bonchev–Trinajstić information content (AvgIpc) is 2.31. The standard InChI is InChI=1S/C13H16O2S/c14-12-8-4-5-9-13(12)16(15)10-11-6-2-1-3-7-11/h1-3,6-7,13H,4-5,8-10H2. The molecule has 0 saturated heterocycles. The Morgan fingerprint density at radius 1 is 1.19 bits per heavy atom. The molecule has 2 unspecified atom stereocenters. The third kappa shape index (κ3) is 2.79. The summed E-state index contributed by atoms with van der Waals surface area (Å²) in [7, 11) is -1.04. The molecule has 0 N–H and O–H groups in total. The highest BCUT2D eigenvalue weighted by Gasteiger charge is 2.27. The molecule has 0 spiro atoms. The van der Waals surface area contributed by atoms with E-state index in [1.165, 1.54) is 0 Å². The molecule has 1 fully saturated rings. The molecule has 0 radical (unpaired) electrons. The fourth-order valence-corrected chi connectivity index (χ4v) is 3.63. The zero-order chi connectivity index (χ0) is 11.4. The predicted octanol–water partition coefficient (Wildman–Crippen LogP) is 2.45. The molecule has 1 aromatic rings. The monoisotopic (exact) mass is 236 g/mol.